The standard InChI is InChI=1S/C12H10ClN5/c1-18(11-4-5-14-12(13)16-11)9-2-3-10-8(6-9)7-15-17-10/h2-7H,1H3,(H,15,17). The number of rotatable bonds is 2. The van der Waals surface area contributed by atoms with E-state index in [0.717, 1.165) is 22.4 Å². The topological polar surface area (TPSA) is 57.7 Å². The minimum absolute atomic E-state index is 0.240. The molecule has 1 aromatic carbocycles. The van der Waals surface area contributed by atoms with E-state index >= 15 is 0 Å². The van der Waals surface area contributed by atoms with Gasteiger partial charge in [-0.2, -0.15) is 5.10 Å². The number of anilines is 2. The van der Waals surface area contributed by atoms with E-state index in [0.29, 0.717) is 0 Å². The highest BCUT2D eigenvalue weighted by Gasteiger charge is 2.07. The molecule has 0 spiro atoms. The molecule has 0 fully saturated rings. The fraction of sp³-hybridized carbons (Fsp3) is 0.0833. The van der Waals surface area contributed by atoms with Crippen molar-refractivity contribution in [1.29, 1.82) is 0 Å². The molecule has 0 bridgehead atoms. The van der Waals surface area contributed by atoms with Crippen LogP contribution in [-0.4, -0.2) is 27.2 Å². The summed E-state index contributed by atoms with van der Waals surface area (Å²) in [5.74, 6) is 0.748. The van der Waals surface area contributed by atoms with Gasteiger partial charge in [-0.3, -0.25) is 5.10 Å². The van der Waals surface area contributed by atoms with Gasteiger partial charge in [0.05, 0.1) is 11.7 Å². The van der Waals surface area contributed by atoms with Gasteiger partial charge in [0.15, 0.2) is 0 Å². The quantitative estimate of drug-likeness (QED) is 0.719. The second kappa shape index (κ2) is 4.27. The summed E-state index contributed by atoms with van der Waals surface area (Å²) in [6.07, 6.45) is 3.43. The van der Waals surface area contributed by atoms with Gasteiger partial charge >= 0.3 is 0 Å². The summed E-state index contributed by atoms with van der Waals surface area (Å²) in [7, 11) is 1.93. The molecule has 0 radical (unpaired) electrons. The zero-order valence-electron chi connectivity index (χ0n) is 9.63. The molecule has 6 heteroatoms. The Morgan fingerprint density at radius 2 is 2.17 bits per heavy atom. The lowest BCUT2D eigenvalue weighted by Crippen LogP contribution is -2.11. The van der Waals surface area contributed by atoms with Crippen LogP contribution in [0, 0.1) is 0 Å². The molecule has 0 saturated carbocycles. The Hall–Kier alpha value is -2.14. The number of benzene rings is 1. The number of halogens is 1. The summed E-state index contributed by atoms with van der Waals surface area (Å²) in [6.45, 7) is 0. The second-order valence-corrected chi connectivity index (χ2v) is 4.22. The molecule has 0 aliphatic heterocycles. The molecule has 90 valence electrons. The third kappa shape index (κ3) is 1.89. The highest BCUT2D eigenvalue weighted by molar-refractivity contribution is 6.28. The first-order chi connectivity index (χ1) is 8.74. The predicted molar refractivity (Wildman–Crippen MR) is 71.2 cm³/mol. The van der Waals surface area contributed by atoms with Crippen LogP contribution in [0.3, 0.4) is 0 Å². The van der Waals surface area contributed by atoms with Crippen LogP contribution >= 0.6 is 11.6 Å². The number of hydrogen-bond donors (Lipinski definition) is 1. The van der Waals surface area contributed by atoms with Gasteiger partial charge in [-0.05, 0) is 35.9 Å². The van der Waals surface area contributed by atoms with Crippen molar-refractivity contribution in [2.24, 2.45) is 0 Å². The van der Waals surface area contributed by atoms with Crippen LogP contribution in [0.25, 0.3) is 10.9 Å². The summed E-state index contributed by atoms with van der Waals surface area (Å²) in [5.41, 5.74) is 2.02. The van der Waals surface area contributed by atoms with Crippen molar-refractivity contribution in [3.8, 4) is 0 Å². The average molecular weight is 260 g/mol. The second-order valence-electron chi connectivity index (χ2n) is 3.88. The van der Waals surface area contributed by atoms with E-state index in [1.807, 2.05) is 36.2 Å². The van der Waals surface area contributed by atoms with Gasteiger partial charge in [-0.1, -0.05) is 0 Å². The number of nitrogens with zero attached hydrogens (tertiary/aromatic N) is 4. The van der Waals surface area contributed by atoms with Crippen molar-refractivity contribution in [1.82, 2.24) is 20.2 Å². The summed E-state index contributed by atoms with van der Waals surface area (Å²) in [5, 5.41) is 8.21. The predicted octanol–water partition coefficient (Wildman–Crippen LogP) is 2.77. The maximum Gasteiger partial charge on any atom is 0.224 e. The minimum atomic E-state index is 0.240. The Morgan fingerprint density at radius 3 is 3.00 bits per heavy atom. The summed E-state index contributed by atoms with van der Waals surface area (Å²) < 4.78 is 0. The third-order valence-electron chi connectivity index (χ3n) is 2.77. The fourth-order valence-corrected chi connectivity index (χ4v) is 1.93. The van der Waals surface area contributed by atoms with Crippen LogP contribution < -0.4 is 4.90 Å². The van der Waals surface area contributed by atoms with E-state index in [1.165, 1.54) is 0 Å². The SMILES string of the molecule is CN(c1ccc2[nH]ncc2c1)c1ccnc(Cl)n1. The highest BCUT2D eigenvalue weighted by atomic mass is 35.5. The van der Waals surface area contributed by atoms with Crippen molar-refractivity contribution in [3.05, 3.63) is 41.9 Å². The maximum atomic E-state index is 5.79. The summed E-state index contributed by atoms with van der Waals surface area (Å²) in [6, 6.07) is 7.83. The molecule has 0 unspecified atom stereocenters. The molecular formula is C12H10ClN5. The van der Waals surface area contributed by atoms with Crippen LogP contribution in [0.2, 0.25) is 5.28 Å². The van der Waals surface area contributed by atoms with Crippen LogP contribution in [0.1, 0.15) is 0 Å². The molecule has 1 N–H and O–H groups in total. The van der Waals surface area contributed by atoms with E-state index in [2.05, 4.69) is 20.2 Å². The molecule has 2 aromatic heterocycles. The van der Waals surface area contributed by atoms with E-state index in [9.17, 15) is 0 Å². The van der Waals surface area contributed by atoms with E-state index < -0.39 is 0 Å². The number of fused-ring (bicyclic) bond motifs is 1. The minimum Gasteiger partial charge on any atom is -0.329 e. The lowest BCUT2D eigenvalue weighted by atomic mass is 10.2. The normalized spacial score (nSPS) is 10.8. The molecule has 18 heavy (non-hydrogen) atoms. The van der Waals surface area contributed by atoms with Crippen LogP contribution in [0.15, 0.2) is 36.7 Å². The summed E-state index contributed by atoms with van der Waals surface area (Å²) in [4.78, 5) is 9.99. The molecular weight excluding hydrogens is 250 g/mol. The number of hydrogen-bond acceptors (Lipinski definition) is 4. The van der Waals surface area contributed by atoms with Gasteiger partial charge in [0.2, 0.25) is 5.28 Å². The highest BCUT2D eigenvalue weighted by Crippen LogP contribution is 2.25. The van der Waals surface area contributed by atoms with Gasteiger partial charge in [-0.15, -0.1) is 0 Å². The van der Waals surface area contributed by atoms with Gasteiger partial charge in [0, 0.05) is 24.3 Å². The molecule has 3 rings (SSSR count). The number of nitrogens with one attached hydrogen (secondary N) is 1. The van der Waals surface area contributed by atoms with E-state index in [4.69, 9.17) is 11.6 Å². The first kappa shape index (κ1) is 11.0. The van der Waals surface area contributed by atoms with Crippen LogP contribution in [0.5, 0.6) is 0 Å². The zero-order chi connectivity index (χ0) is 12.5. The smallest absolute Gasteiger partial charge is 0.224 e. The third-order valence-corrected chi connectivity index (χ3v) is 2.95. The number of aromatic amines is 1. The van der Waals surface area contributed by atoms with Gasteiger partial charge in [0.1, 0.15) is 5.82 Å². The fourth-order valence-electron chi connectivity index (χ4n) is 1.78. The Bertz CT molecular complexity index is 694. The first-order valence-electron chi connectivity index (χ1n) is 5.39. The maximum absolute atomic E-state index is 5.79. The Morgan fingerprint density at radius 1 is 1.28 bits per heavy atom. The van der Waals surface area contributed by atoms with E-state index in [-0.39, 0.29) is 5.28 Å². The molecule has 5 nitrogen and oxygen atoms in total. The molecule has 0 saturated heterocycles. The Labute approximate surface area is 108 Å². The first-order valence-corrected chi connectivity index (χ1v) is 5.77. The van der Waals surface area contributed by atoms with Crippen molar-refractivity contribution < 1.29 is 0 Å². The molecule has 0 atom stereocenters. The van der Waals surface area contributed by atoms with Crippen LogP contribution in [0.4, 0.5) is 11.5 Å². The lowest BCUT2D eigenvalue weighted by Gasteiger charge is -2.18. The van der Waals surface area contributed by atoms with Crippen molar-refractivity contribution in [2.75, 3.05) is 11.9 Å². The molecule has 2 heterocycles. The molecule has 3 aromatic rings. The molecule has 0 aliphatic rings. The molecule has 0 aliphatic carbocycles. The average Bonchev–Trinajstić information content (AvgIpc) is 2.85. The summed E-state index contributed by atoms with van der Waals surface area (Å²) >= 11 is 5.79. The van der Waals surface area contributed by atoms with Gasteiger partial charge in [0.25, 0.3) is 0 Å². The number of H-pyrrole nitrogens is 1. The Balaban J connectivity index is 2.02. The molecule has 0 amide bonds. The van der Waals surface area contributed by atoms with Gasteiger partial charge < -0.3 is 4.90 Å². The largest absolute Gasteiger partial charge is 0.329 e. The zero-order valence-corrected chi connectivity index (χ0v) is 10.4. The van der Waals surface area contributed by atoms with Crippen molar-refractivity contribution >= 4 is 34.0 Å². The van der Waals surface area contributed by atoms with E-state index in [1.54, 1.807) is 12.4 Å². The number of aromatic nitrogens is 4. The van der Waals surface area contributed by atoms with Gasteiger partial charge in [-0.25, -0.2) is 9.97 Å². The lowest BCUT2D eigenvalue weighted by molar-refractivity contribution is 1.08. The Kier molecular flexibility index (Phi) is 2.60. The monoisotopic (exact) mass is 259 g/mol. The van der Waals surface area contributed by atoms with Crippen LogP contribution in [-0.2, 0) is 0 Å². The van der Waals surface area contributed by atoms with Crippen molar-refractivity contribution in [3.63, 3.8) is 0 Å². The van der Waals surface area contributed by atoms with Crippen molar-refractivity contribution in [2.45, 2.75) is 0 Å².